The number of aliphatic imine (C=N–C) groups is 1. The summed E-state index contributed by atoms with van der Waals surface area (Å²) >= 11 is 12.0. The summed E-state index contributed by atoms with van der Waals surface area (Å²) in [4.78, 5) is 4.14. The van der Waals surface area contributed by atoms with Crippen molar-refractivity contribution in [1.82, 2.24) is 15.2 Å². The maximum atomic E-state index is 13.5. The van der Waals surface area contributed by atoms with Crippen LogP contribution in [-0.4, -0.2) is 17.6 Å². The first-order valence-corrected chi connectivity index (χ1v) is 7.87. The van der Waals surface area contributed by atoms with Crippen LogP contribution in [0.1, 0.15) is 16.8 Å². The third-order valence-electron chi connectivity index (χ3n) is 3.57. The van der Waals surface area contributed by atoms with Gasteiger partial charge in [0.2, 0.25) is 0 Å². The molecule has 0 radical (unpaired) electrons. The number of hydrogen-bond acceptors (Lipinski definition) is 1. The highest BCUT2D eigenvalue weighted by Gasteiger charge is 2.09. The van der Waals surface area contributed by atoms with Crippen molar-refractivity contribution >= 4 is 29.2 Å². The number of aromatic nitrogens is 1. The van der Waals surface area contributed by atoms with Crippen LogP contribution in [0.4, 0.5) is 4.39 Å². The van der Waals surface area contributed by atoms with E-state index in [-0.39, 0.29) is 5.82 Å². The molecule has 0 aliphatic rings. The van der Waals surface area contributed by atoms with Gasteiger partial charge in [-0.05, 0) is 30.2 Å². The van der Waals surface area contributed by atoms with Gasteiger partial charge in [0, 0.05) is 26.3 Å². The Balaban J connectivity index is 1.93. The van der Waals surface area contributed by atoms with Gasteiger partial charge in [-0.25, -0.2) is 4.39 Å². The second-order valence-electron chi connectivity index (χ2n) is 5.20. The molecular weight excluding hydrogens is 338 g/mol. The number of hydrogen-bond donors (Lipinski definition) is 2. The van der Waals surface area contributed by atoms with Gasteiger partial charge in [0.1, 0.15) is 11.0 Å². The van der Waals surface area contributed by atoms with Crippen molar-refractivity contribution in [3.05, 3.63) is 57.1 Å². The molecule has 2 rings (SSSR count). The van der Waals surface area contributed by atoms with Crippen LogP contribution in [0, 0.1) is 12.7 Å². The van der Waals surface area contributed by atoms with E-state index in [1.165, 1.54) is 6.07 Å². The van der Waals surface area contributed by atoms with E-state index in [0.29, 0.717) is 34.8 Å². The zero-order valence-corrected chi connectivity index (χ0v) is 14.8. The normalized spacial score (nSPS) is 11.7. The van der Waals surface area contributed by atoms with E-state index >= 15 is 0 Å². The van der Waals surface area contributed by atoms with Crippen molar-refractivity contribution in [3.63, 3.8) is 0 Å². The highest BCUT2D eigenvalue weighted by molar-refractivity contribution is 6.41. The Morgan fingerprint density at radius 2 is 1.91 bits per heavy atom. The van der Waals surface area contributed by atoms with E-state index in [4.69, 9.17) is 23.2 Å². The molecule has 0 unspecified atom stereocenters. The minimum atomic E-state index is -0.208. The van der Waals surface area contributed by atoms with E-state index in [0.717, 1.165) is 11.3 Å². The second kappa shape index (κ2) is 7.70. The minimum absolute atomic E-state index is 0.208. The monoisotopic (exact) mass is 356 g/mol. The summed E-state index contributed by atoms with van der Waals surface area (Å²) in [6, 6.07) is 6.97. The number of nitrogens with zero attached hydrogens (tertiary/aromatic N) is 2. The molecule has 0 saturated heterocycles. The van der Waals surface area contributed by atoms with Gasteiger partial charge in [-0.1, -0.05) is 35.3 Å². The van der Waals surface area contributed by atoms with Gasteiger partial charge in [-0.2, -0.15) is 0 Å². The van der Waals surface area contributed by atoms with Crippen LogP contribution in [0.15, 0.2) is 29.3 Å². The van der Waals surface area contributed by atoms with E-state index in [1.54, 1.807) is 30.7 Å². The van der Waals surface area contributed by atoms with E-state index in [9.17, 15) is 4.39 Å². The SMILES string of the molecule is CN=C(NCc1ccc(C)c(F)c1)NCc1cc(Cl)c(Cl)n1C. The van der Waals surface area contributed by atoms with Crippen molar-refractivity contribution in [1.29, 1.82) is 0 Å². The summed E-state index contributed by atoms with van der Waals surface area (Å²) in [5.41, 5.74) is 2.42. The first-order valence-electron chi connectivity index (χ1n) is 7.11. The molecule has 0 aliphatic carbocycles. The predicted molar refractivity (Wildman–Crippen MR) is 93.6 cm³/mol. The standard InChI is InChI=1S/C16H19Cl2FN4/c1-10-4-5-11(6-14(10)19)8-21-16(20-2)22-9-12-7-13(17)15(18)23(12)3/h4-7H,8-9H2,1-3H3,(H2,20,21,22). The lowest BCUT2D eigenvalue weighted by atomic mass is 10.1. The van der Waals surface area contributed by atoms with Crippen LogP contribution >= 0.6 is 23.2 Å². The number of halogens is 3. The van der Waals surface area contributed by atoms with E-state index in [1.807, 2.05) is 13.1 Å². The molecule has 0 aliphatic heterocycles. The number of benzene rings is 1. The van der Waals surface area contributed by atoms with Gasteiger partial charge in [0.15, 0.2) is 5.96 Å². The van der Waals surface area contributed by atoms with Crippen molar-refractivity contribution in [2.24, 2.45) is 12.0 Å². The Morgan fingerprint density at radius 3 is 2.48 bits per heavy atom. The smallest absolute Gasteiger partial charge is 0.191 e. The summed E-state index contributed by atoms with van der Waals surface area (Å²) < 4.78 is 15.3. The molecule has 7 heteroatoms. The average molecular weight is 357 g/mol. The summed E-state index contributed by atoms with van der Waals surface area (Å²) in [5.74, 6) is 0.403. The molecule has 0 atom stereocenters. The second-order valence-corrected chi connectivity index (χ2v) is 5.96. The zero-order chi connectivity index (χ0) is 17.0. The highest BCUT2D eigenvalue weighted by Crippen LogP contribution is 2.24. The van der Waals surface area contributed by atoms with Gasteiger partial charge < -0.3 is 15.2 Å². The van der Waals surface area contributed by atoms with Crippen LogP contribution < -0.4 is 10.6 Å². The zero-order valence-electron chi connectivity index (χ0n) is 13.3. The van der Waals surface area contributed by atoms with Gasteiger partial charge in [-0.15, -0.1) is 0 Å². The number of nitrogens with one attached hydrogen (secondary N) is 2. The molecule has 1 heterocycles. The molecule has 1 aromatic carbocycles. The molecule has 1 aromatic heterocycles. The summed E-state index contributed by atoms with van der Waals surface area (Å²) in [6.07, 6.45) is 0. The fourth-order valence-electron chi connectivity index (χ4n) is 2.09. The van der Waals surface area contributed by atoms with Gasteiger partial charge in [-0.3, -0.25) is 4.99 Å². The molecule has 2 N–H and O–H groups in total. The minimum Gasteiger partial charge on any atom is -0.352 e. The average Bonchev–Trinajstić information content (AvgIpc) is 2.78. The number of guanidine groups is 1. The molecular formula is C16H19Cl2FN4. The molecule has 0 saturated carbocycles. The number of rotatable bonds is 4. The van der Waals surface area contributed by atoms with Gasteiger partial charge in [0.25, 0.3) is 0 Å². The Labute approximate surface area is 145 Å². The Kier molecular flexibility index (Phi) is 5.91. The Morgan fingerprint density at radius 1 is 1.22 bits per heavy atom. The highest BCUT2D eigenvalue weighted by atomic mass is 35.5. The fraction of sp³-hybridized carbons (Fsp3) is 0.312. The summed E-state index contributed by atoms with van der Waals surface area (Å²) in [7, 11) is 3.52. The molecule has 0 fully saturated rings. The third kappa shape index (κ3) is 4.39. The lowest BCUT2D eigenvalue weighted by Crippen LogP contribution is -2.36. The van der Waals surface area contributed by atoms with E-state index < -0.39 is 0 Å². The fourth-order valence-corrected chi connectivity index (χ4v) is 2.50. The number of aryl methyl sites for hydroxylation is 1. The molecule has 0 amide bonds. The largest absolute Gasteiger partial charge is 0.352 e. The predicted octanol–water partition coefficient (Wildman–Crippen LogP) is 3.64. The maximum absolute atomic E-state index is 13.5. The van der Waals surface area contributed by atoms with Crippen molar-refractivity contribution in [2.75, 3.05) is 7.05 Å². The van der Waals surface area contributed by atoms with Crippen molar-refractivity contribution < 1.29 is 4.39 Å². The molecule has 23 heavy (non-hydrogen) atoms. The molecule has 124 valence electrons. The van der Waals surface area contributed by atoms with Crippen LogP contribution in [0.25, 0.3) is 0 Å². The molecule has 4 nitrogen and oxygen atoms in total. The maximum Gasteiger partial charge on any atom is 0.191 e. The molecule has 0 bridgehead atoms. The van der Waals surface area contributed by atoms with Crippen molar-refractivity contribution in [2.45, 2.75) is 20.0 Å². The summed E-state index contributed by atoms with van der Waals surface area (Å²) in [6.45, 7) is 2.74. The first-order chi connectivity index (χ1) is 10.9. The third-order valence-corrected chi connectivity index (χ3v) is 4.41. The molecule has 2 aromatic rings. The van der Waals surface area contributed by atoms with Crippen LogP contribution in [0.5, 0.6) is 0 Å². The van der Waals surface area contributed by atoms with Crippen LogP contribution in [0.2, 0.25) is 10.2 Å². The van der Waals surface area contributed by atoms with Gasteiger partial charge in [0.05, 0.1) is 11.6 Å². The lowest BCUT2D eigenvalue weighted by molar-refractivity contribution is 0.615. The van der Waals surface area contributed by atoms with Gasteiger partial charge >= 0.3 is 0 Å². The quantitative estimate of drug-likeness (QED) is 0.648. The lowest BCUT2D eigenvalue weighted by Gasteiger charge is -2.13. The van der Waals surface area contributed by atoms with Crippen LogP contribution in [-0.2, 0) is 20.1 Å². The topological polar surface area (TPSA) is 41.4 Å². The van der Waals surface area contributed by atoms with E-state index in [2.05, 4.69) is 15.6 Å². The Hall–Kier alpha value is -1.72. The Bertz CT molecular complexity index is 725. The summed E-state index contributed by atoms with van der Waals surface area (Å²) in [5, 5.41) is 7.33. The first kappa shape index (κ1) is 17.6. The van der Waals surface area contributed by atoms with Crippen molar-refractivity contribution in [3.8, 4) is 0 Å². The molecule has 0 spiro atoms. The van der Waals surface area contributed by atoms with Crippen LogP contribution in [0.3, 0.4) is 0 Å².